The summed E-state index contributed by atoms with van der Waals surface area (Å²) in [5.41, 5.74) is 1.16. The zero-order chi connectivity index (χ0) is 13.2. The van der Waals surface area contributed by atoms with Crippen LogP contribution in [-0.2, 0) is 0 Å². The van der Waals surface area contributed by atoms with Crippen molar-refractivity contribution in [3.63, 3.8) is 0 Å². The van der Waals surface area contributed by atoms with Crippen LogP contribution in [0.1, 0.15) is 23.2 Å². The summed E-state index contributed by atoms with van der Waals surface area (Å²) >= 11 is 0. The number of fused-ring (bicyclic) bond motifs is 1. The minimum Gasteiger partial charge on any atom is -0.506 e. The number of rotatable bonds is 2. The van der Waals surface area contributed by atoms with Crippen molar-refractivity contribution < 1.29 is 9.90 Å². The van der Waals surface area contributed by atoms with E-state index in [9.17, 15) is 9.90 Å². The Hall–Kier alpha value is -1.94. The molecule has 98 valence electrons. The molecular weight excluding hydrogens is 240 g/mol. The molecule has 2 heterocycles. The number of nitrogens with one attached hydrogen (secondary N) is 1. The van der Waals surface area contributed by atoms with E-state index in [2.05, 4.69) is 10.3 Å². The number of piperidine rings is 1. The number of phenolic OH excluding ortho intramolecular Hbond substituents is 1. The molecule has 2 N–H and O–H groups in total. The van der Waals surface area contributed by atoms with Crippen molar-refractivity contribution in [3.05, 3.63) is 36.0 Å². The van der Waals surface area contributed by atoms with Crippen molar-refractivity contribution in [1.82, 2.24) is 10.3 Å². The highest BCUT2D eigenvalue weighted by Crippen LogP contribution is 2.28. The van der Waals surface area contributed by atoms with Gasteiger partial charge in [-0.05, 0) is 37.6 Å². The van der Waals surface area contributed by atoms with E-state index in [0.717, 1.165) is 31.3 Å². The second kappa shape index (κ2) is 4.97. The zero-order valence-corrected chi connectivity index (χ0v) is 10.6. The van der Waals surface area contributed by atoms with Crippen LogP contribution in [0.5, 0.6) is 5.75 Å². The van der Waals surface area contributed by atoms with E-state index >= 15 is 0 Å². The first-order valence-corrected chi connectivity index (χ1v) is 6.59. The third kappa shape index (κ3) is 2.19. The molecule has 4 heteroatoms. The van der Waals surface area contributed by atoms with Gasteiger partial charge in [0.15, 0.2) is 5.78 Å². The van der Waals surface area contributed by atoms with Crippen LogP contribution in [0.15, 0.2) is 30.5 Å². The fourth-order valence-corrected chi connectivity index (χ4v) is 2.67. The van der Waals surface area contributed by atoms with E-state index in [4.69, 9.17) is 0 Å². The molecule has 4 nitrogen and oxygen atoms in total. The summed E-state index contributed by atoms with van der Waals surface area (Å²) in [6.07, 6.45) is 3.58. The molecule has 1 fully saturated rings. The number of aromatic nitrogens is 1. The van der Waals surface area contributed by atoms with Gasteiger partial charge in [-0.25, -0.2) is 0 Å². The topological polar surface area (TPSA) is 62.2 Å². The van der Waals surface area contributed by atoms with Gasteiger partial charge < -0.3 is 10.4 Å². The monoisotopic (exact) mass is 256 g/mol. The average Bonchev–Trinajstić information content (AvgIpc) is 2.48. The van der Waals surface area contributed by atoms with Gasteiger partial charge >= 0.3 is 0 Å². The van der Waals surface area contributed by atoms with Gasteiger partial charge in [0.25, 0.3) is 0 Å². The lowest BCUT2D eigenvalue weighted by atomic mass is 9.89. The predicted octanol–water partition coefficient (Wildman–Crippen LogP) is 2.12. The number of hydrogen-bond acceptors (Lipinski definition) is 4. The fraction of sp³-hybridized carbons (Fsp3) is 0.333. The van der Waals surface area contributed by atoms with Gasteiger partial charge in [-0.1, -0.05) is 6.07 Å². The number of carbonyl (C=O) groups is 1. The summed E-state index contributed by atoms with van der Waals surface area (Å²) in [5.74, 6) is 0.292. The molecule has 19 heavy (non-hydrogen) atoms. The largest absolute Gasteiger partial charge is 0.506 e. The number of carbonyl (C=O) groups excluding carboxylic acids is 1. The number of pyridine rings is 1. The van der Waals surface area contributed by atoms with E-state index in [1.54, 1.807) is 24.4 Å². The highest BCUT2D eigenvalue weighted by Gasteiger charge is 2.24. The maximum absolute atomic E-state index is 12.6. The van der Waals surface area contributed by atoms with Crippen molar-refractivity contribution >= 4 is 16.7 Å². The zero-order valence-electron chi connectivity index (χ0n) is 10.6. The first-order chi connectivity index (χ1) is 9.27. The predicted molar refractivity (Wildman–Crippen MR) is 73.3 cm³/mol. The lowest BCUT2D eigenvalue weighted by Crippen LogP contribution is -2.34. The molecular formula is C15H16N2O2. The van der Waals surface area contributed by atoms with E-state index in [1.165, 1.54) is 0 Å². The van der Waals surface area contributed by atoms with E-state index in [-0.39, 0.29) is 17.5 Å². The standard InChI is InChI=1S/C15H16N2O2/c18-13-6-5-12(11-4-2-8-17-14(11)13)15(19)10-3-1-7-16-9-10/h2,4-6,8,10,16,18H,1,3,7,9H2. The molecule has 3 rings (SSSR count). The van der Waals surface area contributed by atoms with Gasteiger partial charge in [-0.3, -0.25) is 9.78 Å². The Balaban J connectivity index is 2.05. The fourth-order valence-electron chi connectivity index (χ4n) is 2.67. The third-order valence-corrected chi connectivity index (χ3v) is 3.68. The molecule has 0 radical (unpaired) electrons. The summed E-state index contributed by atoms with van der Waals surface area (Å²) in [4.78, 5) is 16.7. The Morgan fingerprint density at radius 2 is 2.26 bits per heavy atom. The van der Waals surface area contributed by atoms with Crippen molar-refractivity contribution in [3.8, 4) is 5.75 Å². The molecule has 0 aliphatic carbocycles. The molecule has 2 aromatic rings. The van der Waals surface area contributed by atoms with Crippen molar-refractivity contribution in [2.45, 2.75) is 12.8 Å². The van der Waals surface area contributed by atoms with Gasteiger partial charge in [-0.2, -0.15) is 0 Å². The number of hydrogen-bond donors (Lipinski definition) is 2. The lowest BCUT2D eigenvalue weighted by molar-refractivity contribution is 0.0901. The van der Waals surface area contributed by atoms with Crippen LogP contribution >= 0.6 is 0 Å². The summed E-state index contributed by atoms with van der Waals surface area (Å²) in [5, 5.41) is 13.8. The summed E-state index contributed by atoms with van der Waals surface area (Å²) < 4.78 is 0. The molecule has 1 atom stereocenters. The summed E-state index contributed by atoms with van der Waals surface area (Å²) in [7, 11) is 0. The molecule has 1 unspecified atom stereocenters. The first kappa shape index (κ1) is 12.1. The number of ketones is 1. The molecule has 1 aromatic heterocycles. The molecule has 0 saturated carbocycles. The van der Waals surface area contributed by atoms with Crippen molar-refractivity contribution in [2.75, 3.05) is 13.1 Å². The second-order valence-corrected chi connectivity index (χ2v) is 4.94. The number of aromatic hydroxyl groups is 1. The van der Waals surface area contributed by atoms with Crippen LogP contribution in [0.2, 0.25) is 0 Å². The van der Waals surface area contributed by atoms with Crippen LogP contribution < -0.4 is 5.32 Å². The van der Waals surface area contributed by atoms with Crippen molar-refractivity contribution in [1.29, 1.82) is 0 Å². The van der Waals surface area contributed by atoms with Gasteiger partial charge in [0, 0.05) is 29.6 Å². The second-order valence-electron chi connectivity index (χ2n) is 4.94. The molecule has 1 aromatic carbocycles. The Morgan fingerprint density at radius 1 is 1.37 bits per heavy atom. The highest BCUT2D eigenvalue weighted by atomic mass is 16.3. The maximum Gasteiger partial charge on any atom is 0.167 e. The van der Waals surface area contributed by atoms with Crippen LogP contribution in [0.3, 0.4) is 0 Å². The molecule has 0 bridgehead atoms. The Bertz CT molecular complexity index is 619. The lowest BCUT2D eigenvalue weighted by Gasteiger charge is -2.22. The highest BCUT2D eigenvalue weighted by molar-refractivity contribution is 6.09. The number of phenols is 1. The number of nitrogens with zero attached hydrogens (tertiary/aromatic N) is 1. The summed E-state index contributed by atoms with van der Waals surface area (Å²) in [6, 6.07) is 6.89. The molecule has 0 spiro atoms. The smallest absolute Gasteiger partial charge is 0.167 e. The molecule has 1 aliphatic rings. The van der Waals surface area contributed by atoms with Crippen molar-refractivity contribution in [2.24, 2.45) is 5.92 Å². The number of Topliss-reactive ketones (excluding diaryl/α,β-unsaturated/α-hetero) is 1. The minimum atomic E-state index is 0.0294. The normalized spacial score (nSPS) is 19.5. The molecule has 0 amide bonds. The third-order valence-electron chi connectivity index (χ3n) is 3.68. The van der Waals surface area contributed by atoms with Gasteiger partial charge in [-0.15, -0.1) is 0 Å². The van der Waals surface area contributed by atoms with Gasteiger partial charge in [0.2, 0.25) is 0 Å². The van der Waals surface area contributed by atoms with Crippen LogP contribution in [-0.4, -0.2) is 29.0 Å². The molecule has 1 saturated heterocycles. The molecule has 1 aliphatic heterocycles. The average molecular weight is 256 g/mol. The van der Waals surface area contributed by atoms with Crippen LogP contribution in [0, 0.1) is 5.92 Å². The van der Waals surface area contributed by atoms with E-state index in [0.29, 0.717) is 11.1 Å². The van der Waals surface area contributed by atoms with Crippen LogP contribution in [0.4, 0.5) is 0 Å². The van der Waals surface area contributed by atoms with Gasteiger partial charge in [0.1, 0.15) is 11.3 Å². The van der Waals surface area contributed by atoms with E-state index in [1.807, 2.05) is 6.07 Å². The maximum atomic E-state index is 12.6. The minimum absolute atomic E-state index is 0.0294. The summed E-state index contributed by atoms with van der Waals surface area (Å²) in [6.45, 7) is 1.73. The Labute approximate surface area is 111 Å². The number of benzene rings is 1. The SMILES string of the molecule is O=C(c1ccc(O)c2ncccc12)C1CCCNC1. The first-order valence-electron chi connectivity index (χ1n) is 6.59. The Morgan fingerprint density at radius 3 is 3.05 bits per heavy atom. The quantitative estimate of drug-likeness (QED) is 0.808. The van der Waals surface area contributed by atoms with E-state index < -0.39 is 0 Å². The Kier molecular flexibility index (Phi) is 3.17. The van der Waals surface area contributed by atoms with Crippen LogP contribution in [0.25, 0.3) is 10.9 Å². The van der Waals surface area contributed by atoms with Gasteiger partial charge in [0.05, 0.1) is 0 Å².